The number of hydrogen-bond acceptors (Lipinski definition) is 6. The van der Waals surface area contributed by atoms with Gasteiger partial charge in [-0.2, -0.15) is 0 Å². The minimum absolute atomic E-state index is 0.438. The van der Waals surface area contributed by atoms with Gasteiger partial charge in [0.05, 0.1) is 6.33 Å². The lowest BCUT2D eigenvalue weighted by atomic mass is 10.3. The van der Waals surface area contributed by atoms with Gasteiger partial charge in [-0.05, 0) is 31.5 Å². The Bertz CT molecular complexity index is 705. The molecule has 0 spiro atoms. The van der Waals surface area contributed by atoms with E-state index in [4.69, 9.17) is 5.73 Å². The molecule has 0 bridgehead atoms. The van der Waals surface area contributed by atoms with Crippen LogP contribution in [-0.4, -0.2) is 38.0 Å². The van der Waals surface area contributed by atoms with Gasteiger partial charge in [-0.25, -0.2) is 15.0 Å². The lowest BCUT2D eigenvalue weighted by molar-refractivity contribution is 0.317. The lowest BCUT2D eigenvalue weighted by Gasteiger charge is -2.15. The molecule has 21 heavy (non-hydrogen) atoms. The standard InChI is InChI=1S/C14H18N6S/c1-19(8-11-4-2-7-21-11)5-3-6-20-10-18-12-13(15)16-9-17-14(12)20/h2,4,7,9-10H,3,5-6,8H2,1H3,(H2,15,16,17). The Labute approximate surface area is 127 Å². The van der Waals surface area contributed by atoms with Crippen molar-refractivity contribution in [2.24, 2.45) is 0 Å². The summed E-state index contributed by atoms with van der Waals surface area (Å²) in [7, 11) is 2.14. The number of nitrogens with zero attached hydrogens (tertiary/aromatic N) is 5. The van der Waals surface area contributed by atoms with E-state index in [1.165, 1.54) is 11.2 Å². The zero-order chi connectivity index (χ0) is 14.7. The molecule has 0 amide bonds. The number of anilines is 1. The van der Waals surface area contributed by atoms with E-state index in [-0.39, 0.29) is 0 Å². The second kappa shape index (κ2) is 6.19. The summed E-state index contributed by atoms with van der Waals surface area (Å²) in [5.41, 5.74) is 7.28. The lowest BCUT2D eigenvalue weighted by Crippen LogP contribution is -2.19. The van der Waals surface area contributed by atoms with Crippen molar-refractivity contribution < 1.29 is 0 Å². The van der Waals surface area contributed by atoms with E-state index in [0.717, 1.165) is 31.7 Å². The highest BCUT2D eigenvalue weighted by Gasteiger charge is 2.08. The number of aromatic nitrogens is 4. The molecule has 0 aliphatic rings. The highest BCUT2D eigenvalue weighted by atomic mass is 32.1. The van der Waals surface area contributed by atoms with Crippen molar-refractivity contribution in [2.45, 2.75) is 19.5 Å². The fraction of sp³-hybridized carbons (Fsp3) is 0.357. The minimum atomic E-state index is 0.438. The van der Waals surface area contributed by atoms with Gasteiger partial charge in [-0.1, -0.05) is 6.07 Å². The topological polar surface area (TPSA) is 72.9 Å². The van der Waals surface area contributed by atoms with E-state index in [0.29, 0.717) is 11.3 Å². The van der Waals surface area contributed by atoms with Crippen LogP contribution in [0.4, 0.5) is 5.82 Å². The van der Waals surface area contributed by atoms with Crippen LogP contribution in [0.5, 0.6) is 0 Å². The van der Waals surface area contributed by atoms with Crippen LogP contribution in [0.3, 0.4) is 0 Å². The largest absolute Gasteiger partial charge is 0.382 e. The van der Waals surface area contributed by atoms with Crippen molar-refractivity contribution in [3.05, 3.63) is 35.0 Å². The summed E-state index contributed by atoms with van der Waals surface area (Å²) in [6, 6.07) is 4.26. The maximum Gasteiger partial charge on any atom is 0.165 e. The first-order valence-electron chi connectivity index (χ1n) is 6.86. The zero-order valence-electron chi connectivity index (χ0n) is 11.9. The highest BCUT2D eigenvalue weighted by molar-refractivity contribution is 7.09. The van der Waals surface area contributed by atoms with Gasteiger partial charge >= 0.3 is 0 Å². The Morgan fingerprint density at radius 3 is 3.05 bits per heavy atom. The molecule has 0 saturated carbocycles. The molecular weight excluding hydrogens is 284 g/mol. The van der Waals surface area contributed by atoms with Crippen LogP contribution in [0.15, 0.2) is 30.2 Å². The first kappa shape index (κ1) is 14.0. The third-order valence-corrected chi connectivity index (χ3v) is 4.24. The van der Waals surface area contributed by atoms with Crippen LogP contribution < -0.4 is 5.73 Å². The summed E-state index contributed by atoms with van der Waals surface area (Å²) in [6.07, 6.45) is 4.31. The fourth-order valence-corrected chi connectivity index (χ4v) is 3.10. The Balaban J connectivity index is 1.56. The molecule has 6 nitrogen and oxygen atoms in total. The van der Waals surface area contributed by atoms with E-state index in [9.17, 15) is 0 Å². The zero-order valence-corrected chi connectivity index (χ0v) is 12.8. The molecule has 0 saturated heterocycles. The summed E-state index contributed by atoms with van der Waals surface area (Å²) >= 11 is 1.80. The minimum Gasteiger partial charge on any atom is -0.382 e. The third kappa shape index (κ3) is 3.20. The molecule has 0 fully saturated rings. The molecule has 3 aromatic heterocycles. The maximum atomic E-state index is 5.79. The number of thiophene rings is 1. The molecule has 3 rings (SSSR count). The van der Waals surface area contributed by atoms with Gasteiger partial charge in [0.1, 0.15) is 11.8 Å². The number of rotatable bonds is 6. The second-order valence-corrected chi connectivity index (χ2v) is 6.07. The molecule has 110 valence electrons. The number of imidazole rings is 1. The van der Waals surface area contributed by atoms with Gasteiger partial charge in [-0.15, -0.1) is 11.3 Å². The van der Waals surface area contributed by atoms with Crippen molar-refractivity contribution in [3.8, 4) is 0 Å². The Morgan fingerprint density at radius 1 is 1.33 bits per heavy atom. The van der Waals surface area contributed by atoms with E-state index in [1.807, 2.05) is 4.57 Å². The predicted molar refractivity (Wildman–Crippen MR) is 85.0 cm³/mol. The average molecular weight is 302 g/mol. The molecule has 0 radical (unpaired) electrons. The number of aryl methyl sites for hydroxylation is 1. The summed E-state index contributed by atoms with van der Waals surface area (Å²) in [5, 5.41) is 2.12. The molecule has 0 atom stereocenters. The van der Waals surface area contributed by atoms with Crippen LogP contribution in [0.2, 0.25) is 0 Å². The van der Waals surface area contributed by atoms with Gasteiger partial charge in [0.15, 0.2) is 11.5 Å². The third-order valence-electron chi connectivity index (χ3n) is 3.37. The summed E-state index contributed by atoms with van der Waals surface area (Å²) in [4.78, 5) is 16.2. The number of nitrogens with two attached hydrogens (primary N) is 1. The molecule has 0 aliphatic heterocycles. The van der Waals surface area contributed by atoms with E-state index >= 15 is 0 Å². The van der Waals surface area contributed by atoms with Crippen molar-refractivity contribution in [1.82, 2.24) is 24.4 Å². The number of nitrogen functional groups attached to an aromatic ring is 1. The van der Waals surface area contributed by atoms with Crippen LogP contribution in [-0.2, 0) is 13.1 Å². The molecular formula is C14H18N6S. The van der Waals surface area contributed by atoms with Gasteiger partial charge in [0, 0.05) is 18.0 Å². The van der Waals surface area contributed by atoms with E-state index < -0.39 is 0 Å². The first-order valence-corrected chi connectivity index (χ1v) is 7.74. The van der Waals surface area contributed by atoms with Gasteiger partial charge in [0.2, 0.25) is 0 Å². The maximum absolute atomic E-state index is 5.79. The van der Waals surface area contributed by atoms with Crippen molar-refractivity contribution in [3.63, 3.8) is 0 Å². The summed E-state index contributed by atoms with van der Waals surface area (Å²) in [5.74, 6) is 0.438. The van der Waals surface area contributed by atoms with Crippen LogP contribution in [0.25, 0.3) is 11.2 Å². The molecule has 0 aliphatic carbocycles. The van der Waals surface area contributed by atoms with E-state index in [2.05, 4.69) is 44.4 Å². The fourth-order valence-electron chi connectivity index (χ4n) is 2.32. The Hall–Kier alpha value is -1.99. The van der Waals surface area contributed by atoms with Gasteiger partial charge in [-0.3, -0.25) is 0 Å². The quantitative estimate of drug-likeness (QED) is 0.754. The molecule has 3 heterocycles. The SMILES string of the molecule is CN(CCCn1cnc2c(N)ncnc21)Cc1cccs1. The molecule has 0 unspecified atom stereocenters. The average Bonchev–Trinajstić information content (AvgIpc) is 3.10. The number of fused-ring (bicyclic) bond motifs is 1. The molecule has 3 aromatic rings. The monoisotopic (exact) mass is 302 g/mol. The van der Waals surface area contributed by atoms with Crippen LogP contribution in [0, 0.1) is 0 Å². The van der Waals surface area contributed by atoms with E-state index in [1.54, 1.807) is 17.7 Å². The molecule has 7 heteroatoms. The van der Waals surface area contributed by atoms with Crippen LogP contribution in [0.1, 0.15) is 11.3 Å². The van der Waals surface area contributed by atoms with Gasteiger partial charge < -0.3 is 15.2 Å². The van der Waals surface area contributed by atoms with Gasteiger partial charge in [0.25, 0.3) is 0 Å². The summed E-state index contributed by atoms with van der Waals surface area (Å²) in [6.45, 7) is 2.90. The summed E-state index contributed by atoms with van der Waals surface area (Å²) < 4.78 is 2.03. The van der Waals surface area contributed by atoms with Crippen LogP contribution >= 0.6 is 11.3 Å². The molecule has 2 N–H and O–H groups in total. The van der Waals surface area contributed by atoms with Crippen molar-refractivity contribution in [2.75, 3.05) is 19.3 Å². The second-order valence-electron chi connectivity index (χ2n) is 5.04. The Morgan fingerprint density at radius 2 is 2.24 bits per heavy atom. The predicted octanol–water partition coefficient (Wildman–Crippen LogP) is 1.99. The normalized spacial score (nSPS) is 11.5. The highest BCUT2D eigenvalue weighted by Crippen LogP contribution is 2.15. The van der Waals surface area contributed by atoms with Crippen molar-refractivity contribution in [1.29, 1.82) is 0 Å². The number of hydrogen-bond donors (Lipinski definition) is 1. The van der Waals surface area contributed by atoms with Crippen molar-refractivity contribution >= 4 is 28.3 Å². The molecule has 0 aromatic carbocycles. The smallest absolute Gasteiger partial charge is 0.165 e. The Kier molecular flexibility index (Phi) is 4.12. The first-order chi connectivity index (χ1) is 10.2.